The molecule has 0 saturated carbocycles. The molecule has 0 aliphatic carbocycles. The number of carbonyl (C=O) groups is 1. The number of fused-ring (bicyclic) bond motifs is 1. The maximum atomic E-state index is 13.9. The fraction of sp³-hybridized carbons (Fsp3) is 0.0870. The minimum Gasteiger partial charge on any atom is -0.481 e. The summed E-state index contributed by atoms with van der Waals surface area (Å²) in [5, 5.41) is 9.91. The van der Waals surface area contributed by atoms with Gasteiger partial charge < -0.3 is 5.11 Å². The molecule has 0 spiro atoms. The molecule has 164 valence electrons. The smallest absolute Gasteiger partial charge is 0.303 e. The molecule has 0 radical (unpaired) electrons. The van der Waals surface area contributed by atoms with Gasteiger partial charge in [0.2, 0.25) is 0 Å². The monoisotopic (exact) mass is 491 g/mol. The van der Waals surface area contributed by atoms with E-state index in [1.165, 1.54) is 30.5 Å². The van der Waals surface area contributed by atoms with Crippen molar-refractivity contribution < 1.29 is 22.7 Å². The zero-order chi connectivity index (χ0) is 23.0. The van der Waals surface area contributed by atoms with Gasteiger partial charge in [0.05, 0.1) is 15.4 Å². The molecule has 1 heterocycles. The lowest BCUT2D eigenvalue weighted by Gasteiger charge is -2.11. The highest BCUT2D eigenvalue weighted by atomic mass is 35.5. The predicted molar refractivity (Wildman–Crippen MR) is 122 cm³/mol. The third-order valence-electron chi connectivity index (χ3n) is 5.08. The van der Waals surface area contributed by atoms with Crippen LogP contribution in [0.3, 0.4) is 0 Å². The Kier molecular flexibility index (Phi) is 5.99. The lowest BCUT2D eigenvalue weighted by molar-refractivity contribution is -0.136. The van der Waals surface area contributed by atoms with Crippen LogP contribution in [0.5, 0.6) is 0 Å². The van der Waals surface area contributed by atoms with E-state index in [9.17, 15) is 17.6 Å². The summed E-state index contributed by atoms with van der Waals surface area (Å²) >= 11 is 12.2. The molecule has 3 aromatic carbocycles. The number of aromatic nitrogens is 1. The van der Waals surface area contributed by atoms with Crippen molar-refractivity contribution in [2.24, 2.45) is 0 Å². The van der Waals surface area contributed by atoms with Crippen molar-refractivity contribution in [1.82, 2.24) is 3.97 Å². The van der Waals surface area contributed by atoms with E-state index in [-0.39, 0.29) is 22.8 Å². The molecule has 32 heavy (non-hydrogen) atoms. The van der Waals surface area contributed by atoms with E-state index in [0.29, 0.717) is 32.6 Å². The molecule has 4 aromatic rings. The zero-order valence-corrected chi connectivity index (χ0v) is 18.8. The van der Waals surface area contributed by atoms with E-state index in [1.54, 1.807) is 36.4 Å². The molecule has 0 bridgehead atoms. The summed E-state index contributed by atoms with van der Waals surface area (Å²) in [5.41, 5.74) is 1.75. The van der Waals surface area contributed by atoms with Gasteiger partial charge in [0.1, 0.15) is 5.82 Å². The number of hydrogen-bond donors (Lipinski definition) is 1. The van der Waals surface area contributed by atoms with Crippen LogP contribution in [0.25, 0.3) is 22.0 Å². The number of carboxylic acids is 1. The number of benzene rings is 3. The third-order valence-corrected chi connectivity index (χ3v) is 7.37. The standard InChI is InChI=1S/C23H16Cl2FNO4S/c24-16-8-9-21-19(12-16)15(7-10-22(28)29)13-27(21)32(30,31)17-4-1-3-14(11-17)18-5-2-6-20(26)23(18)25/h1-6,8-9,11-13H,7,10H2,(H,28,29). The fourth-order valence-electron chi connectivity index (χ4n) is 3.54. The van der Waals surface area contributed by atoms with Gasteiger partial charge in [-0.3, -0.25) is 4.79 Å². The normalized spacial score (nSPS) is 11.7. The van der Waals surface area contributed by atoms with Gasteiger partial charge in [0, 0.05) is 28.6 Å². The Morgan fingerprint density at radius 2 is 1.78 bits per heavy atom. The number of halogens is 3. The number of nitrogens with zero attached hydrogens (tertiary/aromatic N) is 1. The summed E-state index contributed by atoms with van der Waals surface area (Å²) in [7, 11) is -4.06. The van der Waals surface area contributed by atoms with E-state index in [2.05, 4.69) is 0 Å². The molecule has 0 aliphatic rings. The quantitative estimate of drug-likeness (QED) is 0.358. The summed E-state index contributed by atoms with van der Waals surface area (Å²) < 4.78 is 42.1. The van der Waals surface area contributed by atoms with Gasteiger partial charge in [0.25, 0.3) is 10.0 Å². The fourth-order valence-corrected chi connectivity index (χ4v) is 5.39. The maximum Gasteiger partial charge on any atom is 0.303 e. The predicted octanol–water partition coefficient (Wildman–Crippen LogP) is 6.01. The summed E-state index contributed by atoms with van der Waals surface area (Å²) in [6.07, 6.45) is 1.41. The summed E-state index contributed by atoms with van der Waals surface area (Å²) in [6, 6.07) is 15.1. The van der Waals surface area contributed by atoms with Gasteiger partial charge >= 0.3 is 5.97 Å². The van der Waals surface area contributed by atoms with Crippen molar-refractivity contribution in [2.75, 3.05) is 0 Å². The molecule has 0 saturated heterocycles. The van der Waals surface area contributed by atoms with Crippen LogP contribution < -0.4 is 0 Å². The molecular formula is C23H16Cl2FNO4S. The molecule has 0 aliphatic heterocycles. The highest BCUT2D eigenvalue weighted by molar-refractivity contribution is 7.90. The summed E-state index contributed by atoms with van der Waals surface area (Å²) in [4.78, 5) is 11.0. The Labute approximate surface area is 193 Å². The molecular weight excluding hydrogens is 476 g/mol. The Bertz CT molecular complexity index is 1460. The first-order chi connectivity index (χ1) is 15.2. The number of hydrogen-bond acceptors (Lipinski definition) is 3. The van der Waals surface area contributed by atoms with Gasteiger partial charge in [-0.1, -0.05) is 47.5 Å². The summed E-state index contributed by atoms with van der Waals surface area (Å²) in [6.45, 7) is 0. The maximum absolute atomic E-state index is 13.9. The second-order valence-electron chi connectivity index (χ2n) is 7.14. The molecule has 1 N–H and O–H groups in total. The second-order valence-corrected chi connectivity index (χ2v) is 9.77. The SMILES string of the molecule is O=C(O)CCc1cn(S(=O)(=O)c2cccc(-c3cccc(F)c3Cl)c2)c2ccc(Cl)cc12. The van der Waals surface area contributed by atoms with Gasteiger partial charge in [-0.15, -0.1) is 0 Å². The highest BCUT2D eigenvalue weighted by Gasteiger charge is 2.23. The lowest BCUT2D eigenvalue weighted by atomic mass is 10.1. The zero-order valence-electron chi connectivity index (χ0n) is 16.4. The van der Waals surface area contributed by atoms with Crippen molar-refractivity contribution >= 4 is 50.1 Å². The van der Waals surface area contributed by atoms with E-state index >= 15 is 0 Å². The third kappa shape index (κ3) is 4.11. The van der Waals surface area contributed by atoms with Crippen LogP contribution in [0.4, 0.5) is 4.39 Å². The Balaban J connectivity index is 1.86. The average molecular weight is 492 g/mol. The molecule has 0 unspecified atom stereocenters. The molecule has 5 nitrogen and oxygen atoms in total. The van der Waals surface area contributed by atoms with Gasteiger partial charge in [-0.25, -0.2) is 16.8 Å². The van der Waals surface area contributed by atoms with E-state index in [4.69, 9.17) is 28.3 Å². The first-order valence-electron chi connectivity index (χ1n) is 9.50. The first kappa shape index (κ1) is 22.3. The Morgan fingerprint density at radius 1 is 1.03 bits per heavy atom. The van der Waals surface area contributed by atoms with Crippen LogP contribution in [0.2, 0.25) is 10.0 Å². The number of aryl methyl sites for hydroxylation is 1. The van der Waals surface area contributed by atoms with E-state index in [0.717, 1.165) is 3.97 Å². The van der Waals surface area contributed by atoms with E-state index < -0.39 is 21.8 Å². The van der Waals surface area contributed by atoms with Gasteiger partial charge in [-0.2, -0.15) is 0 Å². The molecule has 0 amide bonds. The van der Waals surface area contributed by atoms with E-state index in [1.807, 2.05) is 0 Å². The van der Waals surface area contributed by atoms with Crippen LogP contribution in [-0.4, -0.2) is 23.5 Å². The molecule has 9 heteroatoms. The van der Waals surface area contributed by atoms with Crippen molar-refractivity contribution in [3.05, 3.63) is 88.3 Å². The molecule has 4 rings (SSSR count). The van der Waals surface area contributed by atoms with Crippen LogP contribution in [0.15, 0.2) is 71.8 Å². The second kappa shape index (κ2) is 8.58. The van der Waals surface area contributed by atoms with Crippen LogP contribution >= 0.6 is 23.2 Å². The van der Waals surface area contributed by atoms with Crippen molar-refractivity contribution in [3.8, 4) is 11.1 Å². The van der Waals surface area contributed by atoms with Crippen LogP contribution in [0.1, 0.15) is 12.0 Å². The molecule has 0 atom stereocenters. The summed E-state index contributed by atoms with van der Waals surface area (Å²) in [5.74, 6) is -1.59. The number of aliphatic carboxylic acids is 1. The largest absolute Gasteiger partial charge is 0.481 e. The minimum absolute atomic E-state index is 0.0213. The number of carboxylic acid groups (broad SMARTS) is 1. The first-order valence-corrected chi connectivity index (χ1v) is 11.7. The van der Waals surface area contributed by atoms with Gasteiger partial charge in [0.15, 0.2) is 0 Å². The lowest BCUT2D eigenvalue weighted by Crippen LogP contribution is -2.12. The van der Waals surface area contributed by atoms with Crippen LogP contribution in [0, 0.1) is 5.82 Å². The van der Waals surface area contributed by atoms with Crippen molar-refractivity contribution in [1.29, 1.82) is 0 Å². The number of rotatable bonds is 6. The Morgan fingerprint density at radius 3 is 2.53 bits per heavy atom. The van der Waals surface area contributed by atoms with Crippen molar-refractivity contribution in [3.63, 3.8) is 0 Å². The molecule has 1 aromatic heterocycles. The Hall–Kier alpha value is -2.87. The van der Waals surface area contributed by atoms with Crippen LogP contribution in [-0.2, 0) is 21.2 Å². The van der Waals surface area contributed by atoms with Gasteiger partial charge in [-0.05, 0) is 53.9 Å². The van der Waals surface area contributed by atoms with Crippen molar-refractivity contribution in [2.45, 2.75) is 17.7 Å². The topological polar surface area (TPSA) is 76.4 Å². The molecule has 0 fully saturated rings. The average Bonchev–Trinajstić information content (AvgIpc) is 3.13. The highest BCUT2D eigenvalue weighted by Crippen LogP contribution is 2.33. The minimum atomic E-state index is -4.06.